The Labute approximate surface area is 194 Å². The predicted octanol–water partition coefficient (Wildman–Crippen LogP) is 4.49. The van der Waals surface area contributed by atoms with Crippen LogP contribution in [0.2, 0.25) is 0 Å². The number of carbonyl (C=O) groups excluding carboxylic acids is 2. The fourth-order valence-electron chi connectivity index (χ4n) is 4.03. The highest BCUT2D eigenvalue weighted by Gasteiger charge is 2.44. The molecule has 2 aromatic carbocycles. The number of aromatic nitrogens is 1. The van der Waals surface area contributed by atoms with Crippen LogP contribution in [0.3, 0.4) is 0 Å². The quantitative estimate of drug-likeness (QED) is 0.314. The third-order valence-electron chi connectivity index (χ3n) is 5.54. The molecule has 1 aromatic heterocycles. The minimum atomic E-state index is -0.949. The van der Waals surface area contributed by atoms with Crippen molar-refractivity contribution < 1.29 is 19.6 Å². The summed E-state index contributed by atoms with van der Waals surface area (Å²) < 4.78 is 0. The maximum Gasteiger partial charge on any atom is 0.290 e. The van der Waals surface area contributed by atoms with E-state index in [1.807, 2.05) is 30.3 Å². The number of nitrogens with zero attached hydrogens (tertiary/aromatic N) is 3. The zero-order chi connectivity index (χ0) is 23.7. The molecule has 33 heavy (non-hydrogen) atoms. The number of aryl methyl sites for hydroxylation is 2. The van der Waals surface area contributed by atoms with E-state index in [4.69, 9.17) is 0 Å². The Bertz CT molecular complexity index is 1280. The first kappa shape index (κ1) is 22.3. The van der Waals surface area contributed by atoms with Crippen LogP contribution in [0.4, 0.5) is 5.69 Å². The van der Waals surface area contributed by atoms with E-state index in [1.165, 1.54) is 34.4 Å². The van der Waals surface area contributed by atoms with Crippen LogP contribution in [-0.4, -0.2) is 38.1 Å². The van der Waals surface area contributed by atoms with Gasteiger partial charge in [-0.05, 0) is 31.4 Å². The summed E-state index contributed by atoms with van der Waals surface area (Å²) in [5, 5.41) is 22.8. The number of nitro groups is 1. The van der Waals surface area contributed by atoms with Crippen molar-refractivity contribution in [1.29, 1.82) is 0 Å². The smallest absolute Gasteiger partial charge is 0.290 e. The van der Waals surface area contributed by atoms with E-state index in [0.29, 0.717) is 27.6 Å². The highest BCUT2D eigenvalue weighted by molar-refractivity contribution is 7.14. The molecule has 9 heteroatoms. The Kier molecular flexibility index (Phi) is 6.06. The molecule has 8 nitrogen and oxygen atoms in total. The van der Waals surface area contributed by atoms with Gasteiger partial charge in [0.1, 0.15) is 0 Å². The summed E-state index contributed by atoms with van der Waals surface area (Å²) in [6.07, 6.45) is 0.492. The SMILES string of the molecule is Cc1nc(C)c(C(=O)C2=C(O)C(=O)N(CCc3ccccc3)C2c2cccc([N+](=O)[O-])c2)s1. The maximum absolute atomic E-state index is 13.5. The first-order chi connectivity index (χ1) is 15.8. The van der Waals surface area contributed by atoms with Crippen LogP contribution >= 0.6 is 11.3 Å². The summed E-state index contributed by atoms with van der Waals surface area (Å²) in [6, 6.07) is 14.4. The van der Waals surface area contributed by atoms with E-state index in [1.54, 1.807) is 19.9 Å². The second kappa shape index (κ2) is 8.95. The molecule has 0 saturated carbocycles. The number of carbonyl (C=O) groups is 2. The van der Waals surface area contributed by atoms with Gasteiger partial charge in [-0.3, -0.25) is 19.7 Å². The lowest BCUT2D eigenvalue weighted by Gasteiger charge is -2.26. The number of hydrogen-bond donors (Lipinski definition) is 1. The maximum atomic E-state index is 13.5. The standard InChI is InChI=1S/C24H21N3O5S/c1-14-23(33-15(2)25-14)21(28)19-20(17-9-6-10-18(13-17)27(31)32)26(24(30)22(19)29)12-11-16-7-4-3-5-8-16/h3-10,13,20,29H,11-12H2,1-2H3. The summed E-state index contributed by atoms with van der Waals surface area (Å²) in [6.45, 7) is 3.69. The van der Waals surface area contributed by atoms with Crippen molar-refractivity contribution in [3.63, 3.8) is 0 Å². The van der Waals surface area contributed by atoms with Crippen LogP contribution < -0.4 is 0 Å². The van der Waals surface area contributed by atoms with E-state index < -0.39 is 28.4 Å². The Morgan fingerprint density at radius 1 is 1.18 bits per heavy atom. The molecule has 1 aliphatic rings. The Morgan fingerprint density at radius 2 is 1.91 bits per heavy atom. The van der Waals surface area contributed by atoms with Crippen molar-refractivity contribution in [2.24, 2.45) is 0 Å². The highest BCUT2D eigenvalue weighted by atomic mass is 32.1. The highest BCUT2D eigenvalue weighted by Crippen LogP contribution is 2.41. The lowest BCUT2D eigenvalue weighted by Crippen LogP contribution is -2.33. The van der Waals surface area contributed by atoms with Gasteiger partial charge in [0.05, 0.1) is 32.1 Å². The summed E-state index contributed by atoms with van der Waals surface area (Å²) in [7, 11) is 0. The van der Waals surface area contributed by atoms with E-state index in [-0.39, 0.29) is 17.8 Å². The number of non-ortho nitro benzene ring substituents is 1. The molecule has 0 saturated heterocycles. The third kappa shape index (κ3) is 4.27. The van der Waals surface area contributed by atoms with Crippen molar-refractivity contribution in [3.05, 3.63) is 103 Å². The van der Waals surface area contributed by atoms with Gasteiger partial charge in [0, 0.05) is 18.7 Å². The molecule has 1 unspecified atom stereocenters. The molecular weight excluding hydrogens is 442 g/mol. The number of amides is 1. The summed E-state index contributed by atoms with van der Waals surface area (Å²) in [5.41, 5.74) is 1.63. The Morgan fingerprint density at radius 3 is 2.55 bits per heavy atom. The van der Waals surface area contributed by atoms with Crippen LogP contribution in [-0.2, 0) is 11.2 Å². The van der Waals surface area contributed by atoms with Crippen molar-refractivity contribution in [2.75, 3.05) is 6.54 Å². The van der Waals surface area contributed by atoms with E-state index in [0.717, 1.165) is 5.56 Å². The van der Waals surface area contributed by atoms with E-state index in [2.05, 4.69) is 4.98 Å². The lowest BCUT2D eigenvalue weighted by atomic mass is 9.94. The average Bonchev–Trinajstić information content (AvgIpc) is 3.28. The van der Waals surface area contributed by atoms with Gasteiger partial charge in [-0.2, -0.15) is 0 Å². The van der Waals surface area contributed by atoms with E-state index in [9.17, 15) is 24.8 Å². The number of benzene rings is 2. The van der Waals surface area contributed by atoms with Gasteiger partial charge < -0.3 is 10.0 Å². The van der Waals surface area contributed by atoms with Gasteiger partial charge in [0.15, 0.2) is 5.76 Å². The fraction of sp³-hybridized carbons (Fsp3) is 0.208. The molecule has 1 N–H and O–H groups in total. The number of thiazole rings is 1. The topological polar surface area (TPSA) is 114 Å². The molecule has 0 spiro atoms. The molecular formula is C24H21N3O5S. The normalized spacial score (nSPS) is 15.9. The minimum Gasteiger partial charge on any atom is -0.503 e. The molecule has 168 valence electrons. The van der Waals surface area contributed by atoms with E-state index >= 15 is 0 Å². The van der Waals surface area contributed by atoms with Gasteiger partial charge >= 0.3 is 0 Å². The number of aliphatic hydroxyl groups is 1. The van der Waals surface area contributed by atoms with Gasteiger partial charge in [0.25, 0.3) is 11.6 Å². The van der Waals surface area contributed by atoms with Crippen LogP contribution in [0.25, 0.3) is 0 Å². The largest absolute Gasteiger partial charge is 0.503 e. The number of ketones is 1. The first-order valence-corrected chi connectivity index (χ1v) is 11.1. The monoisotopic (exact) mass is 463 g/mol. The molecule has 0 fully saturated rings. The molecule has 2 heterocycles. The number of aliphatic hydroxyl groups excluding tert-OH is 1. The first-order valence-electron chi connectivity index (χ1n) is 10.3. The molecule has 1 amide bonds. The van der Waals surface area contributed by atoms with Crippen LogP contribution in [0.1, 0.15) is 37.5 Å². The average molecular weight is 464 g/mol. The zero-order valence-corrected chi connectivity index (χ0v) is 18.8. The summed E-state index contributed by atoms with van der Waals surface area (Å²) >= 11 is 1.19. The molecule has 0 bridgehead atoms. The number of rotatable bonds is 7. The number of Topliss-reactive ketones (excluding diaryl/α,β-unsaturated/α-hetero) is 1. The molecule has 0 radical (unpaired) electrons. The molecule has 3 aromatic rings. The molecule has 1 atom stereocenters. The Hall–Kier alpha value is -3.85. The van der Waals surface area contributed by atoms with Crippen LogP contribution in [0, 0.1) is 24.0 Å². The number of hydrogen-bond acceptors (Lipinski definition) is 7. The zero-order valence-electron chi connectivity index (χ0n) is 18.0. The van der Waals surface area contributed by atoms with Gasteiger partial charge in [0.2, 0.25) is 5.78 Å². The second-order valence-corrected chi connectivity index (χ2v) is 8.93. The van der Waals surface area contributed by atoms with Crippen LogP contribution in [0.15, 0.2) is 65.9 Å². The minimum absolute atomic E-state index is 0.0830. The second-order valence-electron chi connectivity index (χ2n) is 7.73. The summed E-state index contributed by atoms with van der Waals surface area (Å²) in [5.74, 6) is -1.80. The van der Waals surface area contributed by atoms with Crippen LogP contribution in [0.5, 0.6) is 0 Å². The van der Waals surface area contributed by atoms with Gasteiger partial charge in [-0.15, -0.1) is 11.3 Å². The molecule has 1 aliphatic heterocycles. The lowest BCUT2D eigenvalue weighted by molar-refractivity contribution is -0.384. The molecule has 0 aliphatic carbocycles. The van der Waals surface area contributed by atoms with Crippen molar-refractivity contribution in [3.8, 4) is 0 Å². The predicted molar refractivity (Wildman–Crippen MR) is 123 cm³/mol. The van der Waals surface area contributed by atoms with Crippen molar-refractivity contribution >= 4 is 28.7 Å². The van der Waals surface area contributed by atoms with Gasteiger partial charge in [-0.25, -0.2) is 4.98 Å². The fourth-order valence-corrected chi connectivity index (χ4v) is 4.90. The van der Waals surface area contributed by atoms with Gasteiger partial charge in [-0.1, -0.05) is 42.5 Å². The third-order valence-corrected chi connectivity index (χ3v) is 6.61. The number of nitro benzene ring substituents is 1. The van der Waals surface area contributed by atoms with Crippen molar-refractivity contribution in [1.82, 2.24) is 9.88 Å². The molecule has 4 rings (SSSR count). The van der Waals surface area contributed by atoms with Crippen molar-refractivity contribution in [2.45, 2.75) is 26.3 Å². The summed E-state index contributed by atoms with van der Waals surface area (Å²) in [4.78, 5) is 43.4. The Balaban J connectivity index is 1.78.